The lowest BCUT2D eigenvalue weighted by atomic mass is 10.1. The largest absolute Gasteiger partial charge is 0.376 e. The monoisotopic (exact) mass is 232 g/mol. The summed E-state index contributed by atoms with van der Waals surface area (Å²) in [4.78, 5) is 2.51. The van der Waals surface area contributed by atoms with Gasteiger partial charge in [0.25, 0.3) is 0 Å². The highest BCUT2D eigenvalue weighted by atomic mass is 32.2. The van der Waals surface area contributed by atoms with E-state index in [-0.39, 0.29) is 0 Å². The topological polar surface area (TPSA) is 38.5 Å². The summed E-state index contributed by atoms with van der Waals surface area (Å²) in [7, 11) is 0. The summed E-state index contributed by atoms with van der Waals surface area (Å²) in [5, 5.41) is 0. The molecule has 1 heterocycles. The number of rotatable bonds is 6. The lowest BCUT2D eigenvalue weighted by Crippen LogP contribution is -2.50. The van der Waals surface area contributed by atoms with E-state index in [9.17, 15) is 0 Å². The van der Waals surface area contributed by atoms with E-state index in [2.05, 4.69) is 18.1 Å². The van der Waals surface area contributed by atoms with Crippen LogP contribution in [-0.4, -0.2) is 55.3 Å². The van der Waals surface area contributed by atoms with E-state index in [4.69, 9.17) is 10.5 Å². The van der Waals surface area contributed by atoms with Crippen molar-refractivity contribution in [2.45, 2.75) is 31.9 Å². The molecular weight excluding hydrogens is 208 g/mol. The van der Waals surface area contributed by atoms with Gasteiger partial charge in [-0.3, -0.25) is 4.90 Å². The van der Waals surface area contributed by atoms with E-state index >= 15 is 0 Å². The van der Waals surface area contributed by atoms with E-state index in [1.807, 2.05) is 11.8 Å². The van der Waals surface area contributed by atoms with Gasteiger partial charge in [0.15, 0.2) is 0 Å². The predicted octanol–water partition coefficient (Wildman–Crippen LogP) is 1.18. The average molecular weight is 232 g/mol. The van der Waals surface area contributed by atoms with Gasteiger partial charge in [0.05, 0.1) is 12.7 Å². The van der Waals surface area contributed by atoms with Crippen LogP contribution in [-0.2, 0) is 4.74 Å². The SMILES string of the molecule is CCC1CN(C(CN)CCSC)CCO1. The Kier molecular flexibility index (Phi) is 6.64. The third kappa shape index (κ3) is 4.31. The Labute approximate surface area is 97.7 Å². The van der Waals surface area contributed by atoms with Gasteiger partial charge in [-0.25, -0.2) is 0 Å². The van der Waals surface area contributed by atoms with Crippen LogP contribution in [0.2, 0.25) is 0 Å². The maximum absolute atomic E-state index is 5.84. The van der Waals surface area contributed by atoms with Crippen molar-refractivity contribution in [1.29, 1.82) is 0 Å². The maximum atomic E-state index is 5.84. The molecule has 2 atom stereocenters. The van der Waals surface area contributed by atoms with Crippen LogP contribution in [0.5, 0.6) is 0 Å². The van der Waals surface area contributed by atoms with Crippen LogP contribution in [0.25, 0.3) is 0 Å². The Bertz CT molecular complexity index is 169. The molecule has 2 unspecified atom stereocenters. The first-order valence-corrected chi connectivity index (χ1v) is 7.25. The lowest BCUT2D eigenvalue weighted by molar-refractivity contribution is -0.0434. The molecule has 1 saturated heterocycles. The second-order valence-corrected chi connectivity index (χ2v) is 5.05. The molecule has 1 aliphatic rings. The highest BCUT2D eigenvalue weighted by Crippen LogP contribution is 2.14. The molecule has 0 saturated carbocycles. The molecule has 0 aromatic carbocycles. The summed E-state index contributed by atoms with van der Waals surface area (Å²) < 4.78 is 5.67. The molecule has 15 heavy (non-hydrogen) atoms. The maximum Gasteiger partial charge on any atom is 0.0700 e. The van der Waals surface area contributed by atoms with Crippen LogP contribution >= 0.6 is 11.8 Å². The zero-order chi connectivity index (χ0) is 11.1. The summed E-state index contributed by atoms with van der Waals surface area (Å²) in [6.45, 7) is 5.94. The second kappa shape index (κ2) is 7.49. The van der Waals surface area contributed by atoms with Gasteiger partial charge in [-0.15, -0.1) is 0 Å². The van der Waals surface area contributed by atoms with E-state index in [1.54, 1.807) is 0 Å². The predicted molar refractivity (Wildman–Crippen MR) is 67.4 cm³/mol. The number of ether oxygens (including phenoxy) is 1. The third-order valence-electron chi connectivity index (χ3n) is 3.07. The van der Waals surface area contributed by atoms with Gasteiger partial charge in [0.1, 0.15) is 0 Å². The standard InChI is InChI=1S/C11H24N2OS/c1-3-11-9-13(5-6-14-11)10(8-12)4-7-15-2/h10-11H,3-9,12H2,1-2H3. The zero-order valence-electron chi connectivity index (χ0n) is 9.95. The highest BCUT2D eigenvalue weighted by Gasteiger charge is 2.24. The van der Waals surface area contributed by atoms with Crippen LogP contribution < -0.4 is 5.73 Å². The molecule has 0 aliphatic carbocycles. The van der Waals surface area contributed by atoms with Crippen molar-refractivity contribution >= 4 is 11.8 Å². The normalized spacial score (nSPS) is 25.4. The molecule has 0 radical (unpaired) electrons. The van der Waals surface area contributed by atoms with Crippen molar-refractivity contribution in [1.82, 2.24) is 4.90 Å². The number of nitrogens with zero attached hydrogens (tertiary/aromatic N) is 1. The van der Waals surface area contributed by atoms with Crippen molar-refractivity contribution in [3.63, 3.8) is 0 Å². The van der Waals surface area contributed by atoms with Crippen LogP contribution in [0.3, 0.4) is 0 Å². The van der Waals surface area contributed by atoms with E-state index < -0.39 is 0 Å². The molecule has 90 valence electrons. The minimum Gasteiger partial charge on any atom is -0.376 e. The smallest absolute Gasteiger partial charge is 0.0700 e. The summed E-state index contributed by atoms with van der Waals surface area (Å²) in [5.41, 5.74) is 5.84. The highest BCUT2D eigenvalue weighted by molar-refractivity contribution is 7.98. The van der Waals surface area contributed by atoms with Gasteiger partial charge in [-0.05, 0) is 24.9 Å². The molecule has 0 spiro atoms. The number of thioether (sulfide) groups is 1. The third-order valence-corrected chi connectivity index (χ3v) is 3.71. The molecule has 1 rings (SSSR count). The van der Waals surface area contributed by atoms with E-state index in [0.29, 0.717) is 12.1 Å². The molecule has 2 N–H and O–H groups in total. The van der Waals surface area contributed by atoms with Crippen LogP contribution in [0.1, 0.15) is 19.8 Å². The van der Waals surface area contributed by atoms with Gasteiger partial charge >= 0.3 is 0 Å². The first-order valence-electron chi connectivity index (χ1n) is 5.86. The lowest BCUT2D eigenvalue weighted by Gasteiger charge is -2.37. The Balaban J connectivity index is 2.37. The van der Waals surface area contributed by atoms with Crippen molar-refractivity contribution < 1.29 is 4.74 Å². The second-order valence-electron chi connectivity index (χ2n) is 4.07. The summed E-state index contributed by atoms with van der Waals surface area (Å²) >= 11 is 1.90. The van der Waals surface area contributed by atoms with Crippen LogP contribution in [0.15, 0.2) is 0 Å². The average Bonchev–Trinajstić information content (AvgIpc) is 2.30. The molecule has 1 fully saturated rings. The Morgan fingerprint density at radius 2 is 2.40 bits per heavy atom. The van der Waals surface area contributed by atoms with Crippen molar-refractivity contribution in [3.05, 3.63) is 0 Å². The minimum atomic E-state index is 0.419. The summed E-state index contributed by atoms with van der Waals surface area (Å²) in [6, 6.07) is 0.551. The molecule has 4 heteroatoms. The summed E-state index contributed by atoms with van der Waals surface area (Å²) in [6.07, 6.45) is 4.88. The first-order chi connectivity index (χ1) is 7.31. The fraction of sp³-hybridized carbons (Fsp3) is 1.00. The Morgan fingerprint density at radius 1 is 1.60 bits per heavy atom. The molecule has 0 aromatic heterocycles. The van der Waals surface area contributed by atoms with Gasteiger partial charge in [-0.2, -0.15) is 11.8 Å². The van der Waals surface area contributed by atoms with Gasteiger partial charge in [0, 0.05) is 25.7 Å². The first kappa shape index (κ1) is 13.3. The van der Waals surface area contributed by atoms with Crippen molar-refractivity contribution in [2.75, 3.05) is 38.2 Å². The Morgan fingerprint density at radius 3 is 3.00 bits per heavy atom. The fourth-order valence-corrected chi connectivity index (χ4v) is 2.53. The molecular formula is C11H24N2OS. The Hall–Kier alpha value is 0.230. The molecule has 0 aromatic rings. The van der Waals surface area contributed by atoms with Gasteiger partial charge in [0.2, 0.25) is 0 Å². The fourth-order valence-electron chi connectivity index (χ4n) is 2.02. The zero-order valence-corrected chi connectivity index (χ0v) is 10.8. The number of hydrogen-bond acceptors (Lipinski definition) is 4. The molecule has 0 bridgehead atoms. The van der Waals surface area contributed by atoms with Gasteiger partial charge in [-0.1, -0.05) is 6.92 Å². The number of morpholine rings is 1. The van der Waals surface area contributed by atoms with E-state index in [1.165, 1.54) is 12.2 Å². The summed E-state index contributed by atoms with van der Waals surface area (Å²) in [5.74, 6) is 1.20. The molecule has 0 amide bonds. The number of hydrogen-bond donors (Lipinski definition) is 1. The van der Waals surface area contributed by atoms with Crippen molar-refractivity contribution in [3.8, 4) is 0 Å². The van der Waals surface area contributed by atoms with Gasteiger partial charge < -0.3 is 10.5 Å². The molecule has 3 nitrogen and oxygen atoms in total. The van der Waals surface area contributed by atoms with Crippen LogP contribution in [0, 0.1) is 0 Å². The molecule has 1 aliphatic heterocycles. The minimum absolute atomic E-state index is 0.419. The van der Waals surface area contributed by atoms with E-state index in [0.717, 1.165) is 32.7 Å². The quantitative estimate of drug-likeness (QED) is 0.746. The number of nitrogens with two attached hydrogens (primary N) is 1. The van der Waals surface area contributed by atoms with Crippen molar-refractivity contribution in [2.24, 2.45) is 5.73 Å². The van der Waals surface area contributed by atoms with Crippen LogP contribution in [0.4, 0.5) is 0 Å².